The van der Waals surface area contributed by atoms with Gasteiger partial charge in [-0.05, 0) is 24.7 Å². The zero-order chi connectivity index (χ0) is 10.8. The molecule has 1 aromatic carbocycles. The van der Waals surface area contributed by atoms with Gasteiger partial charge in [0, 0.05) is 25.5 Å². The van der Waals surface area contributed by atoms with Gasteiger partial charge in [-0.1, -0.05) is 30.3 Å². The molecule has 0 atom stereocenters. The smallest absolute Gasteiger partial charge is 0.180 e. The van der Waals surface area contributed by atoms with E-state index in [1.165, 1.54) is 11.3 Å². The summed E-state index contributed by atoms with van der Waals surface area (Å²) in [6.07, 6.45) is 2.05. The van der Waals surface area contributed by atoms with Gasteiger partial charge in [-0.2, -0.15) is 0 Å². The number of allylic oxidation sites excluding steroid dienone is 1. The first kappa shape index (κ1) is 10.2. The first-order valence-electron chi connectivity index (χ1n) is 4.95. The molecule has 3 heteroatoms. The maximum atomic E-state index is 5.34. The van der Waals surface area contributed by atoms with Crippen LogP contribution in [0.1, 0.15) is 12.5 Å². The average Bonchev–Trinajstić information content (AvgIpc) is 2.96. The van der Waals surface area contributed by atoms with Crippen LogP contribution in [-0.4, -0.2) is 22.0 Å². The molecule has 0 aliphatic carbocycles. The Morgan fingerprint density at radius 3 is 2.47 bits per heavy atom. The minimum atomic E-state index is 0.858. The van der Waals surface area contributed by atoms with Crippen molar-refractivity contribution in [2.75, 3.05) is 7.05 Å². The fourth-order valence-corrected chi connectivity index (χ4v) is 1.73. The Morgan fingerprint density at radius 2 is 1.93 bits per heavy atom. The molecule has 0 saturated heterocycles. The van der Waals surface area contributed by atoms with Crippen LogP contribution in [0.15, 0.2) is 42.2 Å². The van der Waals surface area contributed by atoms with Gasteiger partial charge in [-0.15, -0.1) is 0 Å². The van der Waals surface area contributed by atoms with Gasteiger partial charge in [0.1, 0.15) is 0 Å². The van der Waals surface area contributed by atoms with Crippen molar-refractivity contribution >= 4 is 17.3 Å². The van der Waals surface area contributed by atoms with Gasteiger partial charge in [-0.25, -0.2) is 0 Å². The van der Waals surface area contributed by atoms with Crippen LogP contribution < -0.4 is 0 Å². The molecule has 0 fully saturated rings. The van der Waals surface area contributed by atoms with Gasteiger partial charge < -0.3 is 4.90 Å². The maximum absolute atomic E-state index is 5.34. The fourth-order valence-electron chi connectivity index (χ4n) is 1.47. The highest BCUT2D eigenvalue weighted by molar-refractivity contribution is 7.80. The Labute approximate surface area is 95.8 Å². The van der Waals surface area contributed by atoms with Gasteiger partial charge in [0.15, 0.2) is 5.11 Å². The van der Waals surface area contributed by atoms with Crippen LogP contribution in [0, 0.1) is 0 Å². The Hall–Kier alpha value is -1.35. The van der Waals surface area contributed by atoms with Gasteiger partial charge in [-0.3, -0.25) is 4.90 Å². The lowest BCUT2D eigenvalue weighted by Crippen LogP contribution is -2.30. The lowest BCUT2D eigenvalue weighted by atomic mass is 10.2. The van der Waals surface area contributed by atoms with Crippen molar-refractivity contribution in [2.24, 2.45) is 0 Å². The number of benzene rings is 1. The van der Waals surface area contributed by atoms with Gasteiger partial charge in [0.25, 0.3) is 0 Å². The van der Waals surface area contributed by atoms with E-state index in [9.17, 15) is 0 Å². The molecule has 2 nitrogen and oxygen atoms in total. The Balaban J connectivity index is 1.93. The molecule has 0 bridgehead atoms. The Morgan fingerprint density at radius 1 is 1.33 bits per heavy atom. The second kappa shape index (κ2) is 4.03. The van der Waals surface area contributed by atoms with Gasteiger partial charge in [0.2, 0.25) is 0 Å². The minimum absolute atomic E-state index is 0.858. The predicted octanol–water partition coefficient (Wildman–Crippen LogP) is 2.58. The molecule has 15 heavy (non-hydrogen) atoms. The molecule has 1 aliphatic rings. The largest absolute Gasteiger partial charge is 0.347 e. The van der Waals surface area contributed by atoms with Crippen LogP contribution >= 0.6 is 12.2 Å². The summed E-state index contributed by atoms with van der Waals surface area (Å²) in [5.41, 5.74) is 2.52. The number of nitrogens with zero attached hydrogens (tertiary/aromatic N) is 2. The van der Waals surface area contributed by atoms with Crippen LogP contribution in [0.2, 0.25) is 0 Å². The molecule has 0 amide bonds. The molecular formula is C12H14N2S. The van der Waals surface area contributed by atoms with Crippen molar-refractivity contribution in [3.63, 3.8) is 0 Å². The molecule has 0 aromatic heterocycles. The van der Waals surface area contributed by atoms with E-state index in [1.54, 1.807) is 0 Å². The predicted molar refractivity (Wildman–Crippen MR) is 66.1 cm³/mol. The maximum Gasteiger partial charge on any atom is 0.180 e. The standard InChI is InChI=1S/C12H14N2S/c1-10-8-14(10)12(15)13(2)9-11-6-4-3-5-7-11/h3-8H,9H2,1-2H3. The van der Waals surface area contributed by atoms with E-state index < -0.39 is 0 Å². The summed E-state index contributed by atoms with van der Waals surface area (Å²) >= 11 is 5.34. The van der Waals surface area contributed by atoms with Crippen molar-refractivity contribution in [1.82, 2.24) is 9.80 Å². The number of rotatable bonds is 2. The highest BCUT2D eigenvalue weighted by Gasteiger charge is 2.22. The fraction of sp³-hybridized carbons (Fsp3) is 0.250. The molecule has 2 rings (SSSR count). The van der Waals surface area contributed by atoms with E-state index in [0.29, 0.717) is 0 Å². The lowest BCUT2D eigenvalue weighted by Gasteiger charge is -2.21. The molecule has 0 N–H and O–H groups in total. The van der Waals surface area contributed by atoms with Gasteiger partial charge >= 0.3 is 0 Å². The van der Waals surface area contributed by atoms with Crippen LogP contribution in [0.4, 0.5) is 0 Å². The van der Waals surface area contributed by atoms with E-state index in [0.717, 1.165) is 11.7 Å². The average molecular weight is 218 g/mol. The van der Waals surface area contributed by atoms with E-state index in [-0.39, 0.29) is 0 Å². The normalized spacial score (nSPS) is 13.5. The quantitative estimate of drug-likeness (QED) is 0.704. The van der Waals surface area contributed by atoms with Crippen molar-refractivity contribution in [3.8, 4) is 0 Å². The lowest BCUT2D eigenvalue weighted by molar-refractivity contribution is 0.472. The summed E-state index contributed by atoms with van der Waals surface area (Å²) in [5, 5.41) is 0.872. The summed E-state index contributed by atoms with van der Waals surface area (Å²) in [7, 11) is 2.02. The van der Waals surface area contributed by atoms with E-state index in [4.69, 9.17) is 12.2 Å². The first-order valence-corrected chi connectivity index (χ1v) is 5.36. The van der Waals surface area contributed by atoms with Crippen molar-refractivity contribution < 1.29 is 0 Å². The Kier molecular flexibility index (Phi) is 2.73. The molecule has 0 saturated carbocycles. The summed E-state index contributed by atoms with van der Waals surface area (Å²) in [4.78, 5) is 4.11. The number of thiocarbonyl (C=S) groups is 1. The molecule has 1 heterocycles. The Bertz CT molecular complexity index is 397. The summed E-state index contributed by atoms with van der Waals surface area (Å²) in [6, 6.07) is 10.3. The van der Waals surface area contributed by atoms with Crippen LogP contribution in [0.3, 0.4) is 0 Å². The third-order valence-corrected chi connectivity index (χ3v) is 2.93. The van der Waals surface area contributed by atoms with Gasteiger partial charge in [0.05, 0.1) is 0 Å². The number of hydrogen-bond donors (Lipinski definition) is 0. The zero-order valence-corrected chi connectivity index (χ0v) is 9.79. The molecule has 78 valence electrons. The van der Waals surface area contributed by atoms with Crippen molar-refractivity contribution in [3.05, 3.63) is 47.8 Å². The summed E-state index contributed by atoms with van der Waals surface area (Å²) < 4.78 is 0. The van der Waals surface area contributed by atoms with Crippen LogP contribution in [0.5, 0.6) is 0 Å². The zero-order valence-electron chi connectivity index (χ0n) is 8.97. The van der Waals surface area contributed by atoms with E-state index in [1.807, 2.05) is 36.3 Å². The second-order valence-electron chi connectivity index (χ2n) is 3.76. The topological polar surface area (TPSA) is 6.25 Å². The monoisotopic (exact) mass is 218 g/mol. The van der Waals surface area contributed by atoms with E-state index >= 15 is 0 Å². The summed E-state index contributed by atoms with van der Waals surface area (Å²) in [6.45, 7) is 2.92. The van der Waals surface area contributed by atoms with Crippen LogP contribution in [-0.2, 0) is 6.54 Å². The molecule has 1 aromatic rings. The second-order valence-corrected chi connectivity index (χ2v) is 4.13. The molecular weight excluding hydrogens is 204 g/mol. The molecule has 0 spiro atoms. The minimum Gasteiger partial charge on any atom is -0.347 e. The third-order valence-electron chi connectivity index (χ3n) is 2.42. The van der Waals surface area contributed by atoms with E-state index in [2.05, 4.69) is 24.0 Å². The van der Waals surface area contributed by atoms with Crippen LogP contribution in [0.25, 0.3) is 0 Å². The summed E-state index contributed by atoms with van der Waals surface area (Å²) in [5.74, 6) is 0. The van der Waals surface area contributed by atoms with Crippen molar-refractivity contribution in [1.29, 1.82) is 0 Å². The molecule has 0 unspecified atom stereocenters. The molecule has 0 radical (unpaired) electrons. The highest BCUT2D eigenvalue weighted by atomic mass is 32.1. The third kappa shape index (κ3) is 2.36. The van der Waals surface area contributed by atoms with Crippen molar-refractivity contribution in [2.45, 2.75) is 13.5 Å². The number of hydrogen-bond acceptors (Lipinski definition) is 1. The first-order chi connectivity index (χ1) is 7.18. The highest BCUT2D eigenvalue weighted by Crippen LogP contribution is 2.22. The SMILES string of the molecule is CC1=CN1C(=S)N(C)Cc1ccccc1. The molecule has 1 aliphatic heterocycles.